The minimum Gasteiger partial charge on any atom is -0.508 e. The van der Waals surface area contributed by atoms with Gasteiger partial charge in [0.1, 0.15) is 23.1 Å². The van der Waals surface area contributed by atoms with E-state index in [0.717, 1.165) is 0 Å². The number of phenols is 2. The van der Waals surface area contributed by atoms with E-state index in [4.69, 9.17) is 13.9 Å². The van der Waals surface area contributed by atoms with Crippen LogP contribution < -0.4 is 14.9 Å². The third-order valence-electron chi connectivity index (χ3n) is 3.55. The van der Waals surface area contributed by atoms with Crippen molar-refractivity contribution in [2.24, 2.45) is 0 Å². The lowest BCUT2D eigenvalue weighted by molar-refractivity contribution is 0.350. The van der Waals surface area contributed by atoms with Gasteiger partial charge in [0.25, 0.3) is 0 Å². The van der Waals surface area contributed by atoms with Gasteiger partial charge >= 0.3 is 0 Å². The van der Waals surface area contributed by atoms with Gasteiger partial charge in [-0.2, -0.15) is 0 Å². The molecular formula is C17H14O6. The van der Waals surface area contributed by atoms with Gasteiger partial charge in [-0.25, -0.2) is 0 Å². The second-order valence-electron chi connectivity index (χ2n) is 4.86. The van der Waals surface area contributed by atoms with Crippen molar-refractivity contribution in [3.63, 3.8) is 0 Å². The van der Waals surface area contributed by atoms with Crippen LogP contribution in [-0.4, -0.2) is 24.4 Å². The number of rotatable bonds is 3. The Hall–Kier alpha value is -3.15. The largest absolute Gasteiger partial charge is 0.508 e. The van der Waals surface area contributed by atoms with Crippen molar-refractivity contribution in [2.75, 3.05) is 14.2 Å². The topological polar surface area (TPSA) is 89.1 Å². The van der Waals surface area contributed by atoms with E-state index in [2.05, 4.69) is 0 Å². The first-order chi connectivity index (χ1) is 11.1. The summed E-state index contributed by atoms with van der Waals surface area (Å²) in [4.78, 5) is 12.7. The van der Waals surface area contributed by atoms with Crippen molar-refractivity contribution < 1.29 is 24.1 Å². The number of aromatic hydroxyl groups is 2. The lowest BCUT2D eigenvalue weighted by atomic mass is 10.0. The summed E-state index contributed by atoms with van der Waals surface area (Å²) in [5, 5.41) is 19.5. The van der Waals surface area contributed by atoms with E-state index < -0.39 is 5.43 Å². The van der Waals surface area contributed by atoms with E-state index in [9.17, 15) is 15.0 Å². The standard InChI is InChI=1S/C17H14O6/c1-21-13-7-12(19)14-15(20)11(8-23-17(14)16(13)22-2)9-3-5-10(18)6-4-9/h3-8,18-19H,1-2H3. The van der Waals surface area contributed by atoms with E-state index in [1.807, 2.05) is 0 Å². The highest BCUT2D eigenvalue weighted by Gasteiger charge is 2.20. The molecule has 0 radical (unpaired) electrons. The molecule has 23 heavy (non-hydrogen) atoms. The molecule has 0 atom stereocenters. The minimum absolute atomic E-state index is 0.00762. The number of hydrogen-bond donors (Lipinski definition) is 2. The lowest BCUT2D eigenvalue weighted by Crippen LogP contribution is -2.06. The summed E-state index contributed by atoms with van der Waals surface area (Å²) < 4.78 is 15.9. The van der Waals surface area contributed by atoms with Crippen LogP contribution in [0, 0.1) is 0 Å². The molecule has 0 aliphatic rings. The first kappa shape index (κ1) is 14.8. The smallest absolute Gasteiger partial charge is 0.204 e. The summed E-state index contributed by atoms with van der Waals surface area (Å²) in [5.41, 5.74) is 0.528. The van der Waals surface area contributed by atoms with Crippen LogP contribution in [0.5, 0.6) is 23.0 Å². The fourth-order valence-corrected chi connectivity index (χ4v) is 2.43. The van der Waals surface area contributed by atoms with Crippen LogP contribution in [0.4, 0.5) is 0 Å². The van der Waals surface area contributed by atoms with E-state index in [1.54, 1.807) is 12.1 Å². The molecule has 1 aromatic heterocycles. The molecule has 0 saturated heterocycles. The maximum Gasteiger partial charge on any atom is 0.204 e. The Kier molecular flexibility index (Phi) is 3.57. The Balaban J connectivity index is 2.34. The van der Waals surface area contributed by atoms with Crippen LogP contribution in [-0.2, 0) is 0 Å². The van der Waals surface area contributed by atoms with Crippen molar-refractivity contribution >= 4 is 11.0 Å². The quantitative estimate of drug-likeness (QED) is 0.772. The number of phenolic OH excluding ortho intramolecular Hbond substituents is 2. The number of fused-ring (bicyclic) bond motifs is 1. The summed E-state index contributed by atoms with van der Waals surface area (Å²) >= 11 is 0. The molecule has 6 heteroatoms. The van der Waals surface area contributed by atoms with Crippen LogP contribution >= 0.6 is 0 Å². The summed E-state index contributed by atoms with van der Waals surface area (Å²) in [7, 11) is 2.84. The molecule has 1 heterocycles. The highest BCUT2D eigenvalue weighted by atomic mass is 16.5. The molecule has 2 N–H and O–H groups in total. The number of benzene rings is 2. The Morgan fingerprint density at radius 1 is 1.04 bits per heavy atom. The van der Waals surface area contributed by atoms with Crippen LogP contribution in [0.1, 0.15) is 0 Å². The van der Waals surface area contributed by atoms with Crippen LogP contribution in [0.25, 0.3) is 22.1 Å². The van der Waals surface area contributed by atoms with Gasteiger partial charge in [0.05, 0.1) is 19.8 Å². The zero-order chi connectivity index (χ0) is 16.6. The summed E-state index contributed by atoms with van der Waals surface area (Å²) in [6, 6.07) is 7.41. The summed E-state index contributed by atoms with van der Waals surface area (Å²) in [6.07, 6.45) is 1.29. The summed E-state index contributed by atoms with van der Waals surface area (Å²) in [5.74, 6) is 0.327. The second-order valence-corrected chi connectivity index (χ2v) is 4.86. The predicted octanol–water partition coefficient (Wildman–Crippen LogP) is 2.89. The van der Waals surface area contributed by atoms with E-state index >= 15 is 0 Å². The monoisotopic (exact) mass is 314 g/mol. The van der Waals surface area contributed by atoms with Crippen LogP contribution in [0.15, 0.2) is 45.8 Å². The third-order valence-corrected chi connectivity index (χ3v) is 3.55. The zero-order valence-corrected chi connectivity index (χ0v) is 12.5. The van der Waals surface area contributed by atoms with Crippen molar-refractivity contribution in [1.82, 2.24) is 0 Å². The van der Waals surface area contributed by atoms with E-state index in [-0.39, 0.29) is 39.5 Å². The minimum atomic E-state index is -0.407. The molecular weight excluding hydrogens is 300 g/mol. The molecule has 0 aliphatic carbocycles. The zero-order valence-electron chi connectivity index (χ0n) is 12.5. The number of methoxy groups -OCH3 is 2. The first-order valence-corrected chi connectivity index (χ1v) is 6.75. The average molecular weight is 314 g/mol. The fourth-order valence-electron chi connectivity index (χ4n) is 2.43. The Labute approximate surface area is 131 Å². The van der Waals surface area contributed by atoms with Gasteiger partial charge in [-0.1, -0.05) is 12.1 Å². The van der Waals surface area contributed by atoms with Crippen LogP contribution in [0.2, 0.25) is 0 Å². The predicted molar refractivity (Wildman–Crippen MR) is 84.4 cm³/mol. The Morgan fingerprint density at radius 3 is 2.35 bits per heavy atom. The second kappa shape index (κ2) is 5.57. The average Bonchev–Trinajstić information content (AvgIpc) is 2.55. The molecule has 0 fully saturated rings. The molecule has 2 aromatic carbocycles. The van der Waals surface area contributed by atoms with Crippen molar-refractivity contribution in [1.29, 1.82) is 0 Å². The molecule has 0 unspecified atom stereocenters. The van der Waals surface area contributed by atoms with Crippen molar-refractivity contribution in [2.45, 2.75) is 0 Å². The van der Waals surface area contributed by atoms with Gasteiger partial charge in [0.2, 0.25) is 11.2 Å². The van der Waals surface area contributed by atoms with Gasteiger partial charge < -0.3 is 24.1 Å². The molecule has 3 rings (SSSR count). The highest BCUT2D eigenvalue weighted by molar-refractivity contribution is 5.93. The Bertz CT molecular complexity index is 924. The van der Waals surface area contributed by atoms with E-state index in [1.165, 1.54) is 38.7 Å². The maximum absolute atomic E-state index is 12.7. The maximum atomic E-state index is 12.7. The van der Waals surface area contributed by atoms with Crippen LogP contribution in [0.3, 0.4) is 0 Å². The van der Waals surface area contributed by atoms with Gasteiger partial charge in [-0.15, -0.1) is 0 Å². The Morgan fingerprint density at radius 2 is 1.74 bits per heavy atom. The van der Waals surface area contributed by atoms with E-state index in [0.29, 0.717) is 5.56 Å². The fraction of sp³-hybridized carbons (Fsp3) is 0.118. The molecule has 0 aliphatic heterocycles. The van der Waals surface area contributed by atoms with Gasteiger partial charge in [-0.3, -0.25) is 4.79 Å². The molecule has 0 bridgehead atoms. The number of hydrogen-bond acceptors (Lipinski definition) is 6. The normalized spacial score (nSPS) is 10.7. The van der Waals surface area contributed by atoms with Crippen molar-refractivity contribution in [3.05, 3.63) is 46.8 Å². The van der Waals surface area contributed by atoms with Gasteiger partial charge in [-0.05, 0) is 17.7 Å². The SMILES string of the molecule is COc1cc(O)c2c(=O)c(-c3ccc(O)cc3)coc2c1OC. The highest BCUT2D eigenvalue weighted by Crippen LogP contribution is 2.40. The van der Waals surface area contributed by atoms with Crippen molar-refractivity contribution in [3.8, 4) is 34.1 Å². The summed E-state index contributed by atoms with van der Waals surface area (Å²) in [6.45, 7) is 0. The molecule has 118 valence electrons. The number of ether oxygens (including phenoxy) is 2. The molecule has 6 nitrogen and oxygen atoms in total. The molecule has 0 spiro atoms. The molecule has 3 aromatic rings. The molecule has 0 amide bonds. The molecule has 0 saturated carbocycles. The van der Waals surface area contributed by atoms with Gasteiger partial charge in [0.15, 0.2) is 11.3 Å². The lowest BCUT2D eigenvalue weighted by Gasteiger charge is -2.11. The third kappa shape index (κ3) is 2.34. The first-order valence-electron chi connectivity index (χ1n) is 6.75. The van der Waals surface area contributed by atoms with Gasteiger partial charge in [0, 0.05) is 6.07 Å².